The van der Waals surface area contributed by atoms with Crippen LogP contribution in [0.4, 0.5) is 0 Å². The van der Waals surface area contributed by atoms with Crippen molar-refractivity contribution in [2.75, 3.05) is 0 Å². The van der Waals surface area contributed by atoms with Gasteiger partial charge in [-0.15, -0.1) is 0 Å². The molecule has 1 heterocycles. The Hall–Kier alpha value is -2.83. The van der Waals surface area contributed by atoms with Gasteiger partial charge in [0.15, 0.2) is 0 Å². The highest BCUT2D eigenvalue weighted by Crippen LogP contribution is 2.13. The van der Waals surface area contributed by atoms with Crippen molar-refractivity contribution in [1.29, 1.82) is 0 Å². The number of nitrogens with one attached hydrogen (secondary N) is 1. The SMILES string of the molecule is O=C(O)c1cn(-c2cccc(O)c2)c(=O)[nH]c1=O. The number of nitrogens with zero attached hydrogens (tertiary/aromatic N) is 1. The van der Waals surface area contributed by atoms with E-state index >= 15 is 0 Å². The second kappa shape index (κ2) is 4.21. The van der Waals surface area contributed by atoms with Crippen LogP contribution < -0.4 is 11.2 Å². The number of H-pyrrole nitrogens is 1. The van der Waals surface area contributed by atoms with Gasteiger partial charge in [0.1, 0.15) is 11.3 Å². The van der Waals surface area contributed by atoms with E-state index < -0.39 is 22.8 Å². The summed E-state index contributed by atoms with van der Waals surface area (Å²) in [4.78, 5) is 35.5. The van der Waals surface area contributed by atoms with E-state index in [0.717, 1.165) is 10.8 Å². The number of phenols is 1. The number of hydrogen-bond acceptors (Lipinski definition) is 4. The van der Waals surface area contributed by atoms with Crippen molar-refractivity contribution in [3.63, 3.8) is 0 Å². The first-order chi connectivity index (χ1) is 8.49. The molecule has 18 heavy (non-hydrogen) atoms. The van der Waals surface area contributed by atoms with Gasteiger partial charge in [-0.05, 0) is 12.1 Å². The highest BCUT2D eigenvalue weighted by Gasteiger charge is 2.12. The maximum Gasteiger partial charge on any atom is 0.342 e. The molecule has 0 unspecified atom stereocenters. The Labute approximate surface area is 99.6 Å². The van der Waals surface area contributed by atoms with E-state index in [-0.39, 0.29) is 11.4 Å². The standard InChI is InChI=1S/C11H8N2O5/c14-7-3-1-2-6(4-7)13-5-8(10(16)17)9(15)12-11(13)18/h1-5,14H,(H,16,17)(H,12,15,18). The predicted octanol–water partition coefficient (Wildman–Crippen LogP) is -0.0704. The molecule has 0 saturated heterocycles. The molecule has 1 aromatic heterocycles. The van der Waals surface area contributed by atoms with Gasteiger partial charge in [-0.3, -0.25) is 14.3 Å². The Morgan fingerprint density at radius 1 is 1.28 bits per heavy atom. The zero-order chi connectivity index (χ0) is 13.3. The van der Waals surface area contributed by atoms with Crippen molar-refractivity contribution in [1.82, 2.24) is 9.55 Å². The number of aromatic hydroxyl groups is 1. The van der Waals surface area contributed by atoms with Crippen LogP contribution in [0.1, 0.15) is 10.4 Å². The van der Waals surface area contributed by atoms with Crippen molar-refractivity contribution in [2.45, 2.75) is 0 Å². The lowest BCUT2D eigenvalue weighted by molar-refractivity contribution is 0.0694. The molecule has 0 aliphatic carbocycles. The lowest BCUT2D eigenvalue weighted by atomic mass is 10.3. The third kappa shape index (κ3) is 2.01. The molecular formula is C11H8N2O5. The summed E-state index contributed by atoms with van der Waals surface area (Å²) < 4.78 is 0.935. The Bertz CT molecular complexity index is 729. The van der Waals surface area contributed by atoms with Gasteiger partial charge in [0.25, 0.3) is 5.56 Å². The average molecular weight is 248 g/mol. The molecule has 0 amide bonds. The molecule has 92 valence electrons. The van der Waals surface area contributed by atoms with E-state index in [2.05, 4.69) is 0 Å². The molecule has 0 spiro atoms. The number of carbonyl (C=O) groups is 1. The van der Waals surface area contributed by atoms with Crippen molar-refractivity contribution in [2.24, 2.45) is 0 Å². The second-order valence-electron chi connectivity index (χ2n) is 3.50. The molecule has 1 aromatic carbocycles. The fourth-order valence-electron chi connectivity index (χ4n) is 1.46. The Kier molecular flexibility index (Phi) is 2.72. The van der Waals surface area contributed by atoms with Gasteiger partial charge >= 0.3 is 11.7 Å². The van der Waals surface area contributed by atoms with Crippen LogP contribution in [0.5, 0.6) is 5.75 Å². The van der Waals surface area contributed by atoms with E-state index in [1.165, 1.54) is 24.3 Å². The number of phenolic OH excluding ortho intramolecular Hbond substituents is 1. The lowest BCUT2D eigenvalue weighted by Gasteiger charge is -2.05. The number of aromatic amines is 1. The molecule has 2 aromatic rings. The smallest absolute Gasteiger partial charge is 0.342 e. The van der Waals surface area contributed by atoms with Crippen LogP contribution in [0, 0.1) is 0 Å². The highest BCUT2D eigenvalue weighted by atomic mass is 16.4. The fraction of sp³-hybridized carbons (Fsp3) is 0. The quantitative estimate of drug-likeness (QED) is 0.688. The summed E-state index contributed by atoms with van der Waals surface area (Å²) >= 11 is 0. The van der Waals surface area contributed by atoms with E-state index in [1.54, 1.807) is 0 Å². The van der Waals surface area contributed by atoms with Gasteiger partial charge < -0.3 is 10.2 Å². The molecule has 3 N–H and O–H groups in total. The third-order valence-electron chi connectivity index (χ3n) is 2.28. The number of benzene rings is 1. The topological polar surface area (TPSA) is 112 Å². The van der Waals surface area contributed by atoms with Gasteiger partial charge in [-0.25, -0.2) is 9.59 Å². The minimum Gasteiger partial charge on any atom is -0.508 e. The van der Waals surface area contributed by atoms with Crippen LogP contribution in [0.15, 0.2) is 40.1 Å². The molecule has 7 nitrogen and oxygen atoms in total. The summed E-state index contributed by atoms with van der Waals surface area (Å²) in [5.74, 6) is -1.52. The minimum atomic E-state index is -1.44. The van der Waals surface area contributed by atoms with Crippen molar-refractivity contribution < 1.29 is 15.0 Å². The van der Waals surface area contributed by atoms with Gasteiger partial charge in [0, 0.05) is 12.3 Å². The van der Waals surface area contributed by atoms with Gasteiger partial charge in [-0.1, -0.05) is 6.07 Å². The first-order valence-corrected chi connectivity index (χ1v) is 4.88. The highest BCUT2D eigenvalue weighted by molar-refractivity contribution is 5.86. The second-order valence-corrected chi connectivity index (χ2v) is 3.50. The fourth-order valence-corrected chi connectivity index (χ4v) is 1.46. The van der Waals surface area contributed by atoms with Crippen LogP contribution in [-0.2, 0) is 0 Å². The molecule has 0 bridgehead atoms. The molecular weight excluding hydrogens is 240 g/mol. The normalized spacial score (nSPS) is 10.2. The summed E-state index contributed by atoms with van der Waals surface area (Å²) in [6.45, 7) is 0. The van der Waals surface area contributed by atoms with Gasteiger partial charge in [0.05, 0.1) is 5.69 Å². The van der Waals surface area contributed by atoms with Gasteiger partial charge in [-0.2, -0.15) is 0 Å². The van der Waals surface area contributed by atoms with Crippen LogP contribution in [0.25, 0.3) is 5.69 Å². The first-order valence-electron chi connectivity index (χ1n) is 4.88. The predicted molar refractivity (Wildman–Crippen MR) is 61.3 cm³/mol. The van der Waals surface area contributed by atoms with Gasteiger partial charge in [0.2, 0.25) is 0 Å². The molecule has 2 rings (SSSR count). The molecule has 0 saturated carbocycles. The third-order valence-corrected chi connectivity index (χ3v) is 2.28. The van der Waals surface area contributed by atoms with Crippen LogP contribution in [0.3, 0.4) is 0 Å². The molecule has 0 radical (unpaired) electrons. The number of hydrogen-bond donors (Lipinski definition) is 3. The van der Waals surface area contributed by atoms with E-state index in [1.807, 2.05) is 4.98 Å². The van der Waals surface area contributed by atoms with Crippen molar-refractivity contribution >= 4 is 5.97 Å². The Balaban J connectivity index is 2.72. The monoisotopic (exact) mass is 248 g/mol. The summed E-state index contributed by atoms with van der Waals surface area (Å²) in [5.41, 5.74) is -2.06. The summed E-state index contributed by atoms with van der Waals surface area (Å²) in [6, 6.07) is 5.65. The van der Waals surface area contributed by atoms with Crippen LogP contribution in [-0.4, -0.2) is 25.7 Å². The average Bonchev–Trinajstić information content (AvgIpc) is 2.28. The van der Waals surface area contributed by atoms with Crippen molar-refractivity contribution in [3.05, 3.63) is 56.9 Å². The first kappa shape index (κ1) is 11.6. The summed E-state index contributed by atoms with van der Waals surface area (Å²) in [7, 11) is 0. The van der Waals surface area contributed by atoms with Crippen LogP contribution in [0.2, 0.25) is 0 Å². The largest absolute Gasteiger partial charge is 0.508 e. The molecule has 7 heteroatoms. The maximum atomic E-state index is 11.6. The minimum absolute atomic E-state index is 0.0810. The van der Waals surface area contributed by atoms with E-state index in [4.69, 9.17) is 5.11 Å². The van der Waals surface area contributed by atoms with E-state index in [9.17, 15) is 19.5 Å². The maximum absolute atomic E-state index is 11.6. The zero-order valence-corrected chi connectivity index (χ0v) is 8.95. The number of aromatic carboxylic acids is 1. The van der Waals surface area contributed by atoms with Crippen LogP contribution >= 0.6 is 0 Å². The number of rotatable bonds is 2. The number of carboxylic acids is 1. The summed E-state index contributed by atoms with van der Waals surface area (Å²) in [5, 5.41) is 18.1. The van der Waals surface area contributed by atoms with Crippen molar-refractivity contribution in [3.8, 4) is 11.4 Å². The Morgan fingerprint density at radius 2 is 2.00 bits per heavy atom. The molecule has 0 aliphatic rings. The molecule has 0 aliphatic heterocycles. The lowest BCUT2D eigenvalue weighted by Crippen LogP contribution is -2.32. The zero-order valence-electron chi connectivity index (χ0n) is 8.95. The molecule has 0 atom stereocenters. The Morgan fingerprint density at radius 3 is 2.61 bits per heavy atom. The summed E-state index contributed by atoms with van der Waals surface area (Å²) in [6.07, 6.45) is 0.915. The number of carboxylic acid groups (broad SMARTS) is 1. The number of aromatic nitrogens is 2. The van der Waals surface area contributed by atoms with E-state index in [0.29, 0.717) is 0 Å². The molecule has 0 fully saturated rings.